The number of benzene rings is 4. The van der Waals surface area contributed by atoms with Gasteiger partial charge >= 0.3 is 0 Å². The Balaban J connectivity index is 2.21. The lowest BCUT2D eigenvalue weighted by Crippen LogP contribution is -2.23. The number of carbonyl (C=O) groups excluding carboxylic acids is 2. The lowest BCUT2D eigenvalue weighted by atomic mass is 9.78. The van der Waals surface area contributed by atoms with Crippen LogP contribution in [0.2, 0.25) is 0 Å². The zero-order valence-electron chi connectivity index (χ0n) is 41.2. The molecule has 336 valence electrons. The van der Waals surface area contributed by atoms with Crippen LogP contribution in [0.5, 0.6) is 23.0 Å². The van der Waals surface area contributed by atoms with Gasteiger partial charge in [0.1, 0.15) is 35.2 Å². The van der Waals surface area contributed by atoms with Crippen molar-refractivity contribution in [2.75, 3.05) is 28.4 Å². The molecule has 8 nitrogen and oxygen atoms in total. The van der Waals surface area contributed by atoms with Crippen LogP contribution in [0.4, 0.5) is 0 Å². The maximum absolute atomic E-state index is 15.7. The third kappa shape index (κ3) is 9.47. The monoisotopic (exact) mass is 849 g/mol. The highest BCUT2D eigenvalue weighted by Crippen LogP contribution is 2.50. The van der Waals surface area contributed by atoms with Gasteiger partial charge in [0.05, 0.1) is 62.9 Å². The summed E-state index contributed by atoms with van der Waals surface area (Å²) in [5.41, 5.74) is 5.95. The quantitative estimate of drug-likeness (QED) is 0.173. The zero-order chi connectivity index (χ0) is 46.6. The number of carbonyl (C=O) groups is 2. The molecule has 1 aliphatic rings. The summed E-state index contributed by atoms with van der Waals surface area (Å²) in [6, 6.07) is 16.0. The summed E-state index contributed by atoms with van der Waals surface area (Å²) in [6.45, 7) is 33.4. The molecule has 1 aliphatic carbocycles. The molecule has 5 rings (SSSR count). The third-order valence-electron chi connectivity index (χ3n) is 11.7. The zero-order valence-corrected chi connectivity index (χ0v) is 41.2. The highest BCUT2D eigenvalue weighted by molar-refractivity contribution is 6.18. The molecule has 0 fully saturated rings. The van der Waals surface area contributed by atoms with Crippen molar-refractivity contribution in [1.82, 2.24) is 0 Å². The number of hydrogen-bond acceptors (Lipinski definition) is 8. The first-order chi connectivity index (χ1) is 28.6. The molecule has 4 aromatic rings. The van der Waals surface area contributed by atoms with Crippen LogP contribution in [0.25, 0.3) is 0 Å². The van der Waals surface area contributed by atoms with Gasteiger partial charge in [0.15, 0.2) is 0 Å². The fourth-order valence-corrected chi connectivity index (χ4v) is 8.17. The van der Waals surface area contributed by atoms with E-state index in [0.29, 0.717) is 39.5 Å². The van der Waals surface area contributed by atoms with Crippen LogP contribution in [0.3, 0.4) is 0 Å². The summed E-state index contributed by atoms with van der Waals surface area (Å²) in [6.07, 6.45) is -2.07. The van der Waals surface area contributed by atoms with E-state index in [-0.39, 0.29) is 46.1 Å². The van der Waals surface area contributed by atoms with Crippen LogP contribution in [0, 0.1) is 0 Å². The molecule has 0 unspecified atom stereocenters. The molecule has 8 bridgehead atoms. The van der Waals surface area contributed by atoms with Gasteiger partial charge in [-0.15, -0.1) is 0 Å². The molecule has 0 radical (unpaired) electrons. The van der Waals surface area contributed by atoms with Crippen LogP contribution < -0.4 is 18.9 Å². The van der Waals surface area contributed by atoms with E-state index in [4.69, 9.17) is 28.4 Å². The Hall–Kier alpha value is -4.66. The van der Waals surface area contributed by atoms with E-state index in [1.807, 2.05) is 52.0 Å². The molecule has 2 atom stereocenters. The molecule has 4 aromatic carbocycles. The third-order valence-corrected chi connectivity index (χ3v) is 11.7. The van der Waals surface area contributed by atoms with Gasteiger partial charge in [0.25, 0.3) is 0 Å². The van der Waals surface area contributed by atoms with Crippen molar-refractivity contribution in [1.29, 1.82) is 0 Å². The van der Waals surface area contributed by atoms with Crippen molar-refractivity contribution in [3.05, 3.63) is 115 Å². The standard InChI is InChI=1S/C54H72O8/c1-29(2)61-49-39-25-32(52(8,9)10)23-37(46(39)58-18)43(55)35-21-31(51(5,6)7)22-36(45(35)57-17)44(56)38-24-33(53(11,12)13)26-40(47(38)59-19)50(62-30(3)4)42-28-34(54(14,15)16)27-41(49)48(42)60-20/h21-30,49-50H,1-20H3/t49-,50+. The first-order valence-electron chi connectivity index (χ1n) is 21.9. The smallest absolute Gasteiger partial charge is 0.200 e. The van der Waals surface area contributed by atoms with Crippen LogP contribution in [0.1, 0.15) is 199 Å². The second-order valence-corrected chi connectivity index (χ2v) is 21.4. The second-order valence-electron chi connectivity index (χ2n) is 21.4. The van der Waals surface area contributed by atoms with E-state index in [0.717, 1.165) is 33.4 Å². The first kappa shape index (κ1) is 48.4. The summed E-state index contributed by atoms with van der Waals surface area (Å²) < 4.78 is 39.6. The van der Waals surface area contributed by atoms with Gasteiger partial charge in [-0.2, -0.15) is 0 Å². The number of methoxy groups -OCH3 is 4. The Morgan fingerprint density at radius 1 is 0.371 bits per heavy atom. The van der Waals surface area contributed by atoms with E-state index in [2.05, 4.69) is 107 Å². The van der Waals surface area contributed by atoms with Gasteiger partial charge < -0.3 is 28.4 Å². The lowest BCUT2D eigenvalue weighted by Gasteiger charge is -2.33. The topological polar surface area (TPSA) is 89.5 Å². The molecule has 8 heteroatoms. The number of hydrogen-bond donors (Lipinski definition) is 0. The second kappa shape index (κ2) is 17.5. The number of fused-ring (bicyclic) bond motifs is 8. The molecule has 0 aromatic heterocycles. The van der Waals surface area contributed by atoms with Crippen LogP contribution in [0.15, 0.2) is 48.5 Å². The minimum atomic E-state index is -0.777. The van der Waals surface area contributed by atoms with Crippen molar-refractivity contribution in [3.8, 4) is 23.0 Å². The summed E-state index contributed by atoms with van der Waals surface area (Å²) in [7, 11) is 6.34. The van der Waals surface area contributed by atoms with Gasteiger partial charge in [-0.25, -0.2) is 0 Å². The van der Waals surface area contributed by atoms with Crippen molar-refractivity contribution in [2.24, 2.45) is 0 Å². The summed E-state index contributed by atoms with van der Waals surface area (Å²) in [4.78, 5) is 31.3. The number of ether oxygens (including phenoxy) is 6. The van der Waals surface area contributed by atoms with E-state index >= 15 is 9.59 Å². The maximum atomic E-state index is 15.7. The van der Waals surface area contributed by atoms with Gasteiger partial charge in [-0.05, 0) is 120 Å². The van der Waals surface area contributed by atoms with E-state index in [9.17, 15) is 0 Å². The SMILES string of the molecule is COc1c2cc(C(C)(C)C)cc1C(=O)c1cc(C(C)(C)C)cc(c1OC)[C@H](OC(C)C)c1cc(C(C)(C)C)cc(c1OC)[C@H](OC(C)C)c1cc(C(C)(C)C)cc(c1OC)C2=O. The molecule has 0 aliphatic heterocycles. The van der Waals surface area contributed by atoms with Crippen molar-refractivity contribution in [3.63, 3.8) is 0 Å². The van der Waals surface area contributed by atoms with Crippen molar-refractivity contribution < 1.29 is 38.0 Å². The molecule has 0 N–H and O–H groups in total. The summed E-state index contributed by atoms with van der Waals surface area (Å²) in [5, 5.41) is 0. The average Bonchev–Trinajstić information content (AvgIpc) is 3.17. The molecular weight excluding hydrogens is 777 g/mol. The summed E-state index contributed by atoms with van der Waals surface area (Å²) in [5.74, 6) is 0.742. The average molecular weight is 849 g/mol. The molecule has 62 heavy (non-hydrogen) atoms. The minimum Gasteiger partial charge on any atom is -0.496 e. The van der Waals surface area contributed by atoms with Gasteiger partial charge in [0, 0.05) is 22.3 Å². The van der Waals surface area contributed by atoms with Crippen molar-refractivity contribution in [2.45, 2.75) is 157 Å². The first-order valence-corrected chi connectivity index (χ1v) is 21.9. The Kier molecular flexibility index (Phi) is 13.6. The molecule has 0 amide bonds. The molecule has 0 saturated carbocycles. The van der Waals surface area contributed by atoms with E-state index in [1.54, 1.807) is 21.3 Å². The molecular formula is C54H72O8. The van der Waals surface area contributed by atoms with Gasteiger partial charge in [0.2, 0.25) is 11.6 Å². The van der Waals surface area contributed by atoms with Crippen LogP contribution >= 0.6 is 0 Å². The largest absolute Gasteiger partial charge is 0.496 e. The molecule has 0 saturated heterocycles. The van der Waals surface area contributed by atoms with Crippen LogP contribution in [-0.2, 0) is 31.1 Å². The summed E-state index contributed by atoms with van der Waals surface area (Å²) >= 11 is 0. The number of ketones is 2. The van der Waals surface area contributed by atoms with Gasteiger partial charge in [-0.1, -0.05) is 83.1 Å². The fraction of sp³-hybridized carbons (Fsp3) is 0.519. The normalized spacial score (nSPS) is 16.2. The minimum absolute atomic E-state index is 0.168. The predicted molar refractivity (Wildman–Crippen MR) is 250 cm³/mol. The highest BCUT2D eigenvalue weighted by atomic mass is 16.5. The Labute approximate surface area is 372 Å². The molecule has 0 heterocycles. The molecule has 0 spiro atoms. The predicted octanol–water partition coefficient (Wildman–Crippen LogP) is 12.7. The highest BCUT2D eigenvalue weighted by Gasteiger charge is 2.38. The Bertz CT molecular complexity index is 2190. The Morgan fingerprint density at radius 3 is 0.839 bits per heavy atom. The van der Waals surface area contributed by atoms with Gasteiger partial charge in [-0.3, -0.25) is 9.59 Å². The van der Waals surface area contributed by atoms with Crippen molar-refractivity contribution >= 4 is 11.6 Å². The van der Waals surface area contributed by atoms with E-state index < -0.39 is 28.5 Å². The Morgan fingerprint density at radius 2 is 0.597 bits per heavy atom. The van der Waals surface area contributed by atoms with E-state index in [1.165, 1.54) is 7.11 Å². The van der Waals surface area contributed by atoms with Crippen LogP contribution in [-0.4, -0.2) is 52.2 Å². The maximum Gasteiger partial charge on any atom is 0.200 e. The number of rotatable bonds is 8. The lowest BCUT2D eigenvalue weighted by molar-refractivity contribution is 0.0230. The fourth-order valence-electron chi connectivity index (χ4n) is 8.17.